The summed E-state index contributed by atoms with van der Waals surface area (Å²) in [6, 6.07) is 9.57. The maximum atomic E-state index is 6.17. The van der Waals surface area contributed by atoms with Gasteiger partial charge in [0.25, 0.3) is 0 Å². The molecule has 24 heavy (non-hydrogen) atoms. The highest BCUT2D eigenvalue weighted by Crippen LogP contribution is 2.35. The molecule has 1 aliphatic heterocycles. The van der Waals surface area contributed by atoms with E-state index in [0.29, 0.717) is 30.5 Å². The van der Waals surface area contributed by atoms with E-state index >= 15 is 0 Å². The number of nitrogens with one attached hydrogen (secondary N) is 1. The van der Waals surface area contributed by atoms with Crippen LogP contribution in [0.2, 0.25) is 5.02 Å². The first-order valence-corrected chi connectivity index (χ1v) is 8.17. The first-order valence-electron chi connectivity index (χ1n) is 7.79. The second kappa shape index (κ2) is 7.64. The molecule has 1 N–H and O–H groups in total. The van der Waals surface area contributed by atoms with Gasteiger partial charge in [0.2, 0.25) is 6.79 Å². The van der Waals surface area contributed by atoms with Gasteiger partial charge in [-0.25, -0.2) is 0 Å². The summed E-state index contributed by atoms with van der Waals surface area (Å²) in [6.07, 6.45) is 0. The highest BCUT2D eigenvalue weighted by atomic mass is 35.5. The molecule has 5 nitrogen and oxygen atoms in total. The van der Waals surface area contributed by atoms with Gasteiger partial charge in [-0.3, -0.25) is 0 Å². The Kier molecular flexibility index (Phi) is 5.33. The number of fused-ring (bicyclic) bond motifs is 1. The van der Waals surface area contributed by atoms with Crippen LogP contribution in [0.1, 0.15) is 18.1 Å². The molecule has 0 atom stereocenters. The van der Waals surface area contributed by atoms with Crippen LogP contribution in [-0.4, -0.2) is 20.5 Å². The molecule has 0 unspecified atom stereocenters. The molecular weight excluding hydrogens is 330 g/mol. The molecule has 6 heteroatoms. The molecule has 1 heterocycles. The Morgan fingerprint density at radius 2 is 1.96 bits per heavy atom. The van der Waals surface area contributed by atoms with Crippen LogP contribution in [-0.2, 0) is 13.1 Å². The quantitative estimate of drug-likeness (QED) is 0.824. The maximum Gasteiger partial charge on any atom is 0.231 e. The maximum absolute atomic E-state index is 6.17. The lowest BCUT2D eigenvalue weighted by Crippen LogP contribution is -2.14. The van der Waals surface area contributed by atoms with Gasteiger partial charge in [-0.2, -0.15) is 0 Å². The summed E-state index contributed by atoms with van der Waals surface area (Å²) in [7, 11) is 1.61. The Morgan fingerprint density at radius 3 is 2.75 bits per heavy atom. The molecule has 0 saturated heterocycles. The lowest BCUT2D eigenvalue weighted by atomic mass is 10.1. The van der Waals surface area contributed by atoms with E-state index in [1.165, 1.54) is 0 Å². The molecular formula is C18H20ClNO4. The van der Waals surface area contributed by atoms with Gasteiger partial charge in [-0.1, -0.05) is 17.7 Å². The number of halogens is 1. The molecule has 2 aromatic carbocycles. The third-order valence-electron chi connectivity index (χ3n) is 3.69. The lowest BCUT2D eigenvalue weighted by molar-refractivity contribution is 0.174. The summed E-state index contributed by atoms with van der Waals surface area (Å²) >= 11 is 6.17. The number of rotatable bonds is 7. The summed E-state index contributed by atoms with van der Waals surface area (Å²) in [4.78, 5) is 0. The first-order chi connectivity index (χ1) is 11.7. The van der Waals surface area contributed by atoms with E-state index in [4.69, 9.17) is 30.5 Å². The second-order valence-electron chi connectivity index (χ2n) is 5.32. The van der Waals surface area contributed by atoms with Crippen LogP contribution < -0.4 is 24.3 Å². The predicted octanol–water partition coefficient (Wildman–Crippen LogP) is 3.77. The highest BCUT2D eigenvalue weighted by molar-refractivity contribution is 6.30. The summed E-state index contributed by atoms with van der Waals surface area (Å²) in [5.41, 5.74) is 2.08. The fraction of sp³-hybridized carbons (Fsp3) is 0.333. The van der Waals surface area contributed by atoms with Crippen molar-refractivity contribution in [3.8, 4) is 23.0 Å². The molecule has 0 spiro atoms. The first kappa shape index (κ1) is 16.7. The van der Waals surface area contributed by atoms with Crippen molar-refractivity contribution in [2.75, 3.05) is 20.5 Å². The standard InChI is InChI=1S/C18H20ClNO4/c1-3-22-18-13(7-14(19)8-17(18)21-2)10-20-9-12-4-5-15-16(6-12)24-11-23-15/h4-8,20H,3,9-11H2,1-2H3. The van der Waals surface area contributed by atoms with Crippen molar-refractivity contribution in [3.05, 3.63) is 46.5 Å². The van der Waals surface area contributed by atoms with Gasteiger partial charge in [0.05, 0.1) is 13.7 Å². The predicted molar refractivity (Wildman–Crippen MR) is 92.3 cm³/mol. The molecule has 0 saturated carbocycles. The van der Waals surface area contributed by atoms with Crippen molar-refractivity contribution >= 4 is 11.6 Å². The Balaban J connectivity index is 1.69. The van der Waals surface area contributed by atoms with Crippen LogP contribution in [0.15, 0.2) is 30.3 Å². The van der Waals surface area contributed by atoms with E-state index in [1.54, 1.807) is 13.2 Å². The second-order valence-corrected chi connectivity index (χ2v) is 5.76. The molecule has 128 valence electrons. The molecule has 0 aliphatic carbocycles. The highest BCUT2D eigenvalue weighted by Gasteiger charge is 2.14. The average Bonchev–Trinajstić information content (AvgIpc) is 3.04. The number of hydrogen-bond acceptors (Lipinski definition) is 5. The fourth-order valence-corrected chi connectivity index (χ4v) is 2.84. The van der Waals surface area contributed by atoms with E-state index < -0.39 is 0 Å². The molecule has 0 aromatic heterocycles. The molecule has 0 bridgehead atoms. The average molecular weight is 350 g/mol. The monoisotopic (exact) mass is 349 g/mol. The minimum atomic E-state index is 0.284. The van der Waals surface area contributed by atoms with Gasteiger partial charge in [0, 0.05) is 29.7 Å². The molecule has 0 amide bonds. The Bertz CT molecular complexity index is 720. The largest absolute Gasteiger partial charge is 0.493 e. The van der Waals surface area contributed by atoms with E-state index in [-0.39, 0.29) is 6.79 Å². The van der Waals surface area contributed by atoms with Crippen LogP contribution >= 0.6 is 11.6 Å². The van der Waals surface area contributed by atoms with Crippen molar-refractivity contribution in [2.24, 2.45) is 0 Å². The van der Waals surface area contributed by atoms with Crippen molar-refractivity contribution in [1.82, 2.24) is 5.32 Å². The van der Waals surface area contributed by atoms with Crippen molar-refractivity contribution in [1.29, 1.82) is 0 Å². The normalized spacial score (nSPS) is 12.3. The molecule has 2 aromatic rings. The zero-order valence-electron chi connectivity index (χ0n) is 13.7. The molecule has 0 radical (unpaired) electrons. The van der Waals surface area contributed by atoms with Gasteiger partial charge in [0.15, 0.2) is 23.0 Å². The molecule has 0 fully saturated rings. The minimum Gasteiger partial charge on any atom is -0.493 e. The van der Waals surface area contributed by atoms with Crippen molar-refractivity contribution in [2.45, 2.75) is 20.0 Å². The number of benzene rings is 2. The van der Waals surface area contributed by atoms with E-state index in [9.17, 15) is 0 Å². The Hall–Kier alpha value is -2.11. The summed E-state index contributed by atoms with van der Waals surface area (Å²) in [5, 5.41) is 4.02. The third-order valence-corrected chi connectivity index (χ3v) is 3.90. The summed E-state index contributed by atoms with van der Waals surface area (Å²) < 4.78 is 21.8. The summed E-state index contributed by atoms with van der Waals surface area (Å²) in [6.45, 7) is 4.09. The van der Waals surface area contributed by atoms with Crippen molar-refractivity contribution in [3.63, 3.8) is 0 Å². The van der Waals surface area contributed by atoms with E-state index in [0.717, 1.165) is 28.4 Å². The molecule has 1 aliphatic rings. The van der Waals surface area contributed by atoms with E-state index in [1.807, 2.05) is 31.2 Å². The Morgan fingerprint density at radius 1 is 1.12 bits per heavy atom. The van der Waals surface area contributed by atoms with Gasteiger partial charge in [-0.15, -0.1) is 0 Å². The Labute approximate surface area is 146 Å². The lowest BCUT2D eigenvalue weighted by Gasteiger charge is -2.15. The van der Waals surface area contributed by atoms with Crippen LogP contribution in [0.5, 0.6) is 23.0 Å². The minimum absolute atomic E-state index is 0.284. The zero-order valence-corrected chi connectivity index (χ0v) is 14.5. The van der Waals surface area contributed by atoms with Crippen LogP contribution in [0, 0.1) is 0 Å². The number of ether oxygens (including phenoxy) is 4. The number of hydrogen-bond donors (Lipinski definition) is 1. The molecule has 3 rings (SSSR count). The summed E-state index contributed by atoms with van der Waals surface area (Å²) in [5.74, 6) is 2.94. The van der Waals surface area contributed by atoms with Crippen molar-refractivity contribution < 1.29 is 18.9 Å². The van der Waals surface area contributed by atoms with Crippen LogP contribution in [0.4, 0.5) is 0 Å². The topological polar surface area (TPSA) is 49.0 Å². The smallest absolute Gasteiger partial charge is 0.231 e. The number of methoxy groups -OCH3 is 1. The third kappa shape index (κ3) is 3.68. The van der Waals surface area contributed by atoms with Crippen LogP contribution in [0.3, 0.4) is 0 Å². The van der Waals surface area contributed by atoms with E-state index in [2.05, 4.69) is 5.32 Å². The van der Waals surface area contributed by atoms with Gasteiger partial charge < -0.3 is 24.3 Å². The van der Waals surface area contributed by atoms with Gasteiger partial charge in [0.1, 0.15) is 0 Å². The van der Waals surface area contributed by atoms with Crippen LogP contribution in [0.25, 0.3) is 0 Å². The van der Waals surface area contributed by atoms with Gasteiger partial charge in [-0.05, 0) is 30.7 Å². The van der Waals surface area contributed by atoms with Gasteiger partial charge >= 0.3 is 0 Å². The SMILES string of the molecule is CCOc1c(CNCc2ccc3c(c2)OCO3)cc(Cl)cc1OC. The fourth-order valence-electron chi connectivity index (χ4n) is 2.61. The zero-order chi connectivity index (χ0) is 16.9.